The van der Waals surface area contributed by atoms with Crippen LogP contribution in [0.2, 0.25) is 0 Å². The number of amides is 3. The predicted molar refractivity (Wildman–Crippen MR) is 136 cm³/mol. The van der Waals surface area contributed by atoms with Crippen molar-refractivity contribution >= 4 is 34.4 Å². The molecule has 9 nitrogen and oxygen atoms in total. The van der Waals surface area contributed by atoms with Crippen molar-refractivity contribution in [1.82, 2.24) is 19.8 Å². The Balaban J connectivity index is 1.57. The van der Waals surface area contributed by atoms with Crippen LogP contribution in [0.3, 0.4) is 0 Å². The maximum Gasteiger partial charge on any atom is 0.270 e. The molecule has 0 fully saturated rings. The fourth-order valence-corrected chi connectivity index (χ4v) is 4.77. The minimum absolute atomic E-state index is 0.000207. The first-order chi connectivity index (χ1) is 18.0. The minimum atomic E-state index is -0.951. The van der Waals surface area contributed by atoms with E-state index in [0.29, 0.717) is 17.8 Å². The summed E-state index contributed by atoms with van der Waals surface area (Å²) in [5.41, 5.74) is 0.782. The highest BCUT2D eigenvalue weighted by Crippen LogP contribution is 2.34. The Bertz CT molecular complexity index is 1450. The molecule has 1 aliphatic rings. The molecule has 198 valence electrons. The van der Waals surface area contributed by atoms with Gasteiger partial charge >= 0.3 is 0 Å². The lowest BCUT2D eigenvalue weighted by atomic mass is 9.93. The van der Waals surface area contributed by atoms with Crippen molar-refractivity contribution in [2.45, 2.75) is 44.7 Å². The molecule has 1 aliphatic heterocycles. The predicted octanol–water partition coefficient (Wildman–Crippen LogP) is 3.80. The number of fused-ring (bicyclic) bond motifs is 2. The van der Waals surface area contributed by atoms with Gasteiger partial charge in [0.1, 0.15) is 35.2 Å². The second kappa shape index (κ2) is 10.6. The van der Waals surface area contributed by atoms with Crippen LogP contribution >= 0.6 is 0 Å². The van der Waals surface area contributed by atoms with E-state index >= 15 is 0 Å². The molecule has 0 saturated heterocycles. The lowest BCUT2D eigenvalue weighted by molar-refractivity contribution is -0.136. The van der Waals surface area contributed by atoms with Crippen LogP contribution in [0.5, 0.6) is 0 Å². The lowest BCUT2D eigenvalue weighted by Crippen LogP contribution is -2.51. The van der Waals surface area contributed by atoms with Crippen LogP contribution in [0.25, 0.3) is 10.9 Å². The number of hydrogen-bond donors (Lipinski definition) is 2. The molecule has 0 radical (unpaired) electrons. The van der Waals surface area contributed by atoms with Gasteiger partial charge in [-0.2, -0.15) is 5.26 Å². The lowest BCUT2D eigenvalue weighted by Gasteiger charge is -2.34. The molecule has 3 unspecified atom stereocenters. The van der Waals surface area contributed by atoms with Crippen LogP contribution in [0.4, 0.5) is 14.6 Å². The second-order valence-electron chi connectivity index (χ2n) is 9.91. The number of pyridine rings is 1. The standard InChI is InChI=1S/C27H28F2N6O3/c1-14(2)8-23(35(4)26(37)22-12-19-20(29)9-15(28)10-21(19)32-22)27(38)34(3)16(13-30)11-18-17-6-5-7-31-24(17)33-25(18)36/h5-7,9-10,12,14,16,18,23,32H,8,11H2,1-4H3,(H,31,33,36). The van der Waals surface area contributed by atoms with Crippen molar-refractivity contribution in [3.05, 3.63) is 59.4 Å². The molecule has 38 heavy (non-hydrogen) atoms. The normalized spacial score (nSPS) is 16.1. The van der Waals surface area contributed by atoms with Crippen molar-refractivity contribution in [3.8, 4) is 6.07 Å². The van der Waals surface area contributed by atoms with Crippen LogP contribution in [-0.2, 0) is 9.59 Å². The van der Waals surface area contributed by atoms with Gasteiger partial charge in [-0.3, -0.25) is 14.4 Å². The molecule has 1 aromatic carbocycles. The van der Waals surface area contributed by atoms with Gasteiger partial charge < -0.3 is 20.1 Å². The zero-order valence-electron chi connectivity index (χ0n) is 21.5. The summed E-state index contributed by atoms with van der Waals surface area (Å²) in [5.74, 6) is -3.15. The number of aromatic amines is 1. The molecule has 3 amide bonds. The van der Waals surface area contributed by atoms with E-state index in [1.54, 1.807) is 18.3 Å². The molecule has 2 N–H and O–H groups in total. The van der Waals surface area contributed by atoms with Crippen molar-refractivity contribution in [1.29, 1.82) is 5.26 Å². The molecule has 0 aliphatic carbocycles. The maximum absolute atomic E-state index is 14.2. The SMILES string of the molecule is CC(C)CC(C(=O)N(C)C(C#N)CC1C(=O)Nc2ncccc21)N(C)C(=O)c1cc2c(F)cc(F)cc2[nH]1. The third-order valence-electron chi connectivity index (χ3n) is 6.85. The largest absolute Gasteiger partial charge is 0.350 e. The average Bonchev–Trinajstić information content (AvgIpc) is 3.44. The van der Waals surface area contributed by atoms with E-state index in [-0.39, 0.29) is 34.8 Å². The number of carbonyl (C=O) groups excluding carboxylic acids is 3. The molecule has 0 bridgehead atoms. The maximum atomic E-state index is 14.2. The number of likely N-dealkylation sites (N-methyl/N-ethyl adjacent to an activating group) is 2. The molecule has 2 aromatic heterocycles. The number of hydrogen-bond acceptors (Lipinski definition) is 5. The van der Waals surface area contributed by atoms with E-state index in [0.717, 1.165) is 12.1 Å². The summed E-state index contributed by atoms with van der Waals surface area (Å²) < 4.78 is 27.8. The highest BCUT2D eigenvalue weighted by Gasteiger charge is 2.38. The van der Waals surface area contributed by atoms with Crippen LogP contribution in [0.1, 0.15) is 48.7 Å². The molecule has 0 spiro atoms. The summed E-state index contributed by atoms with van der Waals surface area (Å²) in [5, 5.41) is 12.7. The van der Waals surface area contributed by atoms with Gasteiger partial charge in [-0.15, -0.1) is 0 Å². The number of anilines is 1. The first kappa shape index (κ1) is 26.7. The fraction of sp³-hybridized carbons (Fsp3) is 0.370. The Hall–Kier alpha value is -4.33. The van der Waals surface area contributed by atoms with Crippen LogP contribution in [-0.4, -0.2) is 63.7 Å². The Morgan fingerprint density at radius 3 is 2.61 bits per heavy atom. The quantitative estimate of drug-likeness (QED) is 0.466. The van der Waals surface area contributed by atoms with E-state index in [1.807, 2.05) is 13.8 Å². The monoisotopic (exact) mass is 522 g/mol. The third-order valence-corrected chi connectivity index (χ3v) is 6.85. The number of nitrogens with one attached hydrogen (secondary N) is 2. The van der Waals surface area contributed by atoms with Gasteiger partial charge in [0.15, 0.2) is 0 Å². The molecular formula is C27H28F2N6O3. The average molecular weight is 523 g/mol. The number of halogens is 2. The highest BCUT2D eigenvalue weighted by atomic mass is 19.1. The number of rotatable bonds is 8. The Kier molecular flexibility index (Phi) is 7.44. The van der Waals surface area contributed by atoms with Gasteiger partial charge in [0.05, 0.1) is 17.5 Å². The highest BCUT2D eigenvalue weighted by molar-refractivity contribution is 6.02. The fourth-order valence-electron chi connectivity index (χ4n) is 4.77. The van der Waals surface area contributed by atoms with Gasteiger partial charge in [0.2, 0.25) is 11.8 Å². The Morgan fingerprint density at radius 2 is 1.92 bits per heavy atom. The van der Waals surface area contributed by atoms with Gasteiger partial charge in [-0.1, -0.05) is 19.9 Å². The van der Waals surface area contributed by atoms with E-state index in [1.165, 1.54) is 30.0 Å². The van der Waals surface area contributed by atoms with Gasteiger partial charge in [-0.05, 0) is 37.0 Å². The van der Waals surface area contributed by atoms with Crippen LogP contribution in [0, 0.1) is 28.9 Å². The van der Waals surface area contributed by atoms with Crippen molar-refractivity contribution in [3.63, 3.8) is 0 Å². The van der Waals surface area contributed by atoms with E-state index in [4.69, 9.17) is 0 Å². The molecule has 3 aromatic rings. The summed E-state index contributed by atoms with van der Waals surface area (Å²) in [4.78, 5) is 49.0. The molecule has 0 saturated carbocycles. The van der Waals surface area contributed by atoms with Gasteiger partial charge in [0, 0.05) is 37.3 Å². The summed E-state index contributed by atoms with van der Waals surface area (Å²) in [6.07, 6.45) is 1.91. The number of aromatic nitrogens is 2. The molecular weight excluding hydrogens is 494 g/mol. The Morgan fingerprint density at radius 1 is 1.18 bits per heavy atom. The topological polar surface area (TPSA) is 122 Å². The minimum Gasteiger partial charge on any atom is -0.350 e. The number of benzene rings is 1. The zero-order chi connectivity index (χ0) is 27.7. The molecule has 11 heteroatoms. The van der Waals surface area contributed by atoms with Crippen molar-refractivity contribution in [2.24, 2.45) is 5.92 Å². The van der Waals surface area contributed by atoms with E-state index in [2.05, 4.69) is 21.4 Å². The number of carbonyl (C=O) groups is 3. The summed E-state index contributed by atoms with van der Waals surface area (Å²) in [6.45, 7) is 3.79. The van der Waals surface area contributed by atoms with Gasteiger partial charge in [0.25, 0.3) is 5.91 Å². The number of nitriles is 1. The summed E-state index contributed by atoms with van der Waals surface area (Å²) >= 11 is 0. The van der Waals surface area contributed by atoms with Crippen molar-refractivity contribution in [2.75, 3.05) is 19.4 Å². The summed E-state index contributed by atoms with van der Waals surface area (Å²) in [6, 6.07) is 6.78. The zero-order valence-corrected chi connectivity index (χ0v) is 21.5. The van der Waals surface area contributed by atoms with E-state index in [9.17, 15) is 28.4 Å². The third kappa shape index (κ3) is 5.07. The second-order valence-corrected chi connectivity index (χ2v) is 9.91. The molecule has 3 atom stereocenters. The van der Waals surface area contributed by atoms with Crippen LogP contribution in [0.15, 0.2) is 36.5 Å². The smallest absolute Gasteiger partial charge is 0.270 e. The Labute approximate surface area is 218 Å². The molecule has 3 heterocycles. The van der Waals surface area contributed by atoms with Crippen LogP contribution < -0.4 is 5.32 Å². The first-order valence-electron chi connectivity index (χ1n) is 12.2. The van der Waals surface area contributed by atoms with E-state index < -0.39 is 41.5 Å². The number of nitrogens with zero attached hydrogens (tertiary/aromatic N) is 4. The van der Waals surface area contributed by atoms with Crippen molar-refractivity contribution < 1.29 is 23.2 Å². The first-order valence-corrected chi connectivity index (χ1v) is 12.2. The summed E-state index contributed by atoms with van der Waals surface area (Å²) in [7, 11) is 2.93. The van der Waals surface area contributed by atoms with Gasteiger partial charge in [-0.25, -0.2) is 13.8 Å². The molecule has 4 rings (SSSR count). The number of H-pyrrole nitrogens is 1.